The van der Waals surface area contributed by atoms with E-state index in [9.17, 15) is 0 Å². The summed E-state index contributed by atoms with van der Waals surface area (Å²) in [5.74, 6) is 2.38. The number of aromatic nitrogens is 2. The summed E-state index contributed by atoms with van der Waals surface area (Å²) in [6.07, 6.45) is 5.79. The third-order valence-electron chi connectivity index (χ3n) is 2.35. The van der Waals surface area contributed by atoms with E-state index in [4.69, 9.17) is 5.73 Å². The molecular weight excluding hydrogens is 182 g/mol. The SMILES string of the molecule is NCc1cnc(C2CCCCS2)[nH]1. The van der Waals surface area contributed by atoms with Gasteiger partial charge < -0.3 is 10.7 Å². The Hall–Kier alpha value is -0.480. The molecule has 3 nitrogen and oxygen atoms in total. The van der Waals surface area contributed by atoms with Crippen molar-refractivity contribution in [1.29, 1.82) is 0 Å². The molecule has 2 heterocycles. The van der Waals surface area contributed by atoms with Gasteiger partial charge in [-0.25, -0.2) is 4.98 Å². The molecule has 1 aromatic rings. The summed E-state index contributed by atoms with van der Waals surface area (Å²) in [6, 6.07) is 0. The summed E-state index contributed by atoms with van der Waals surface area (Å²) in [6.45, 7) is 0.560. The second kappa shape index (κ2) is 4.15. The van der Waals surface area contributed by atoms with Crippen LogP contribution in [-0.2, 0) is 6.54 Å². The van der Waals surface area contributed by atoms with Gasteiger partial charge in [-0.3, -0.25) is 0 Å². The molecule has 13 heavy (non-hydrogen) atoms. The van der Waals surface area contributed by atoms with E-state index in [1.807, 2.05) is 18.0 Å². The predicted octanol–water partition coefficient (Wildman–Crippen LogP) is 1.83. The van der Waals surface area contributed by atoms with Gasteiger partial charge in [-0.15, -0.1) is 0 Å². The third kappa shape index (κ3) is 2.06. The molecule has 4 heteroatoms. The van der Waals surface area contributed by atoms with Gasteiger partial charge in [0.25, 0.3) is 0 Å². The molecule has 0 aliphatic carbocycles. The van der Waals surface area contributed by atoms with Crippen LogP contribution in [0.2, 0.25) is 0 Å². The lowest BCUT2D eigenvalue weighted by Gasteiger charge is -2.18. The van der Waals surface area contributed by atoms with Gasteiger partial charge >= 0.3 is 0 Å². The van der Waals surface area contributed by atoms with E-state index in [1.165, 1.54) is 25.0 Å². The van der Waals surface area contributed by atoms with Crippen LogP contribution in [0.15, 0.2) is 6.20 Å². The summed E-state index contributed by atoms with van der Waals surface area (Å²) in [4.78, 5) is 7.63. The van der Waals surface area contributed by atoms with Gasteiger partial charge in [0.1, 0.15) is 5.82 Å². The van der Waals surface area contributed by atoms with Crippen molar-refractivity contribution in [3.63, 3.8) is 0 Å². The summed E-state index contributed by atoms with van der Waals surface area (Å²) in [7, 11) is 0. The van der Waals surface area contributed by atoms with Crippen LogP contribution in [0.5, 0.6) is 0 Å². The largest absolute Gasteiger partial charge is 0.344 e. The fourth-order valence-corrected chi connectivity index (χ4v) is 2.87. The first-order valence-corrected chi connectivity index (χ1v) is 5.80. The first-order valence-electron chi connectivity index (χ1n) is 4.75. The maximum Gasteiger partial charge on any atom is 0.119 e. The fourth-order valence-electron chi connectivity index (χ4n) is 1.60. The Morgan fingerprint density at radius 3 is 3.15 bits per heavy atom. The molecule has 0 aromatic carbocycles. The second-order valence-electron chi connectivity index (χ2n) is 3.35. The number of hydrogen-bond acceptors (Lipinski definition) is 3. The number of rotatable bonds is 2. The zero-order chi connectivity index (χ0) is 9.10. The highest BCUT2D eigenvalue weighted by Gasteiger charge is 2.18. The zero-order valence-electron chi connectivity index (χ0n) is 7.62. The average molecular weight is 197 g/mol. The minimum Gasteiger partial charge on any atom is -0.344 e. The quantitative estimate of drug-likeness (QED) is 0.760. The first kappa shape index (κ1) is 9.09. The fraction of sp³-hybridized carbons (Fsp3) is 0.667. The maximum atomic E-state index is 5.51. The van der Waals surface area contributed by atoms with Crippen LogP contribution in [0.25, 0.3) is 0 Å². The zero-order valence-corrected chi connectivity index (χ0v) is 8.44. The second-order valence-corrected chi connectivity index (χ2v) is 4.66. The Morgan fingerprint density at radius 2 is 2.54 bits per heavy atom. The van der Waals surface area contributed by atoms with Gasteiger partial charge in [0, 0.05) is 18.4 Å². The van der Waals surface area contributed by atoms with Crippen LogP contribution >= 0.6 is 11.8 Å². The Labute approximate surface area is 82.5 Å². The molecule has 1 atom stereocenters. The molecule has 1 aliphatic rings. The predicted molar refractivity (Wildman–Crippen MR) is 55.5 cm³/mol. The van der Waals surface area contributed by atoms with E-state index >= 15 is 0 Å². The Kier molecular flexibility index (Phi) is 2.90. The Balaban J connectivity index is 2.05. The monoisotopic (exact) mass is 197 g/mol. The number of H-pyrrole nitrogens is 1. The van der Waals surface area contributed by atoms with Crippen molar-refractivity contribution in [2.75, 3.05) is 5.75 Å². The number of nitrogens with two attached hydrogens (primary N) is 1. The first-order chi connectivity index (χ1) is 6.40. The smallest absolute Gasteiger partial charge is 0.119 e. The van der Waals surface area contributed by atoms with Gasteiger partial charge in [-0.05, 0) is 18.6 Å². The Bertz CT molecular complexity index is 266. The molecule has 0 bridgehead atoms. The normalized spacial score (nSPS) is 23.3. The van der Waals surface area contributed by atoms with Gasteiger partial charge in [-0.2, -0.15) is 11.8 Å². The molecule has 1 unspecified atom stereocenters. The summed E-state index contributed by atoms with van der Waals surface area (Å²) in [5.41, 5.74) is 6.56. The summed E-state index contributed by atoms with van der Waals surface area (Å²) >= 11 is 2.01. The Morgan fingerprint density at radius 1 is 1.62 bits per heavy atom. The van der Waals surface area contributed by atoms with Gasteiger partial charge in [0.05, 0.1) is 5.25 Å². The van der Waals surface area contributed by atoms with Crippen LogP contribution in [-0.4, -0.2) is 15.7 Å². The third-order valence-corrected chi connectivity index (χ3v) is 3.74. The molecule has 1 fully saturated rings. The molecule has 1 aliphatic heterocycles. The molecule has 0 amide bonds. The highest BCUT2D eigenvalue weighted by Crippen LogP contribution is 2.36. The average Bonchev–Trinajstić information content (AvgIpc) is 2.67. The topological polar surface area (TPSA) is 54.7 Å². The maximum absolute atomic E-state index is 5.51. The number of thioether (sulfide) groups is 1. The van der Waals surface area contributed by atoms with Crippen molar-refractivity contribution in [2.24, 2.45) is 5.73 Å². The summed E-state index contributed by atoms with van der Waals surface area (Å²) < 4.78 is 0. The highest BCUT2D eigenvalue weighted by molar-refractivity contribution is 7.99. The minimum absolute atomic E-state index is 0.560. The van der Waals surface area contributed by atoms with Crippen molar-refractivity contribution in [1.82, 2.24) is 9.97 Å². The number of nitrogens with zero attached hydrogens (tertiary/aromatic N) is 1. The van der Waals surface area contributed by atoms with E-state index < -0.39 is 0 Å². The van der Waals surface area contributed by atoms with E-state index in [1.54, 1.807) is 0 Å². The molecule has 2 rings (SSSR count). The molecule has 72 valence electrons. The van der Waals surface area contributed by atoms with E-state index in [-0.39, 0.29) is 0 Å². The lowest BCUT2D eigenvalue weighted by molar-refractivity contribution is 0.666. The number of aromatic amines is 1. The number of nitrogens with one attached hydrogen (secondary N) is 1. The van der Waals surface area contributed by atoms with Crippen LogP contribution in [0.1, 0.15) is 36.0 Å². The van der Waals surface area contributed by atoms with E-state index in [0.717, 1.165) is 11.5 Å². The van der Waals surface area contributed by atoms with Gasteiger partial charge in [-0.1, -0.05) is 6.42 Å². The highest BCUT2D eigenvalue weighted by atomic mass is 32.2. The molecule has 3 N–H and O–H groups in total. The number of imidazole rings is 1. The van der Waals surface area contributed by atoms with Crippen LogP contribution in [0, 0.1) is 0 Å². The minimum atomic E-state index is 0.560. The standard InChI is InChI=1S/C9H15N3S/c10-5-7-6-11-9(12-7)8-3-1-2-4-13-8/h6,8H,1-5,10H2,(H,11,12). The van der Waals surface area contributed by atoms with Crippen molar-refractivity contribution in [3.05, 3.63) is 17.7 Å². The van der Waals surface area contributed by atoms with Crippen molar-refractivity contribution < 1.29 is 0 Å². The van der Waals surface area contributed by atoms with Crippen LogP contribution in [0.4, 0.5) is 0 Å². The number of hydrogen-bond donors (Lipinski definition) is 2. The van der Waals surface area contributed by atoms with Gasteiger partial charge in [0.15, 0.2) is 0 Å². The van der Waals surface area contributed by atoms with E-state index in [2.05, 4.69) is 9.97 Å². The molecule has 1 saturated heterocycles. The van der Waals surface area contributed by atoms with Crippen LogP contribution in [0.3, 0.4) is 0 Å². The lowest BCUT2D eigenvalue weighted by Crippen LogP contribution is -2.04. The molecule has 0 saturated carbocycles. The molecule has 1 aromatic heterocycles. The lowest BCUT2D eigenvalue weighted by atomic mass is 10.2. The summed E-state index contributed by atoms with van der Waals surface area (Å²) in [5, 5.41) is 0.578. The van der Waals surface area contributed by atoms with Gasteiger partial charge in [0.2, 0.25) is 0 Å². The van der Waals surface area contributed by atoms with Crippen LogP contribution < -0.4 is 5.73 Å². The van der Waals surface area contributed by atoms with E-state index in [0.29, 0.717) is 11.8 Å². The molecular formula is C9H15N3S. The van der Waals surface area contributed by atoms with Crippen molar-refractivity contribution in [2.45, 2.75) is 31.1 Å². The van der Waals surface area contributed by atoms with Crippen molar-refractivity contribution >= 4 is 11.8 Å². The van der Waals surface area contributed by atoms with Crippen molar-refractivity contribution in [3.8, 4) is 0 Å². The molecule has 0 spiro atoms. The molecule has 0 radical (unpaired) electrons.